The standard InChI is InChI=1S/C11H25NO2/c1-10(2,3)9(14)8(13)7-12-11(4,5)6/h8-9,12-14H,7H2,1-6H3/t8-,9+/m1/s1. The summed E-state index contributed by atoms with van der Waals surface area (Å²) in [4.78, 5) is 0. The lowest BCUT2D eigenvalue weighted by atomic mass is 9.85. The smallest absolute Gasteiger partial charge is 0.0928 e. The van der Waals surface area contributed by atoms with Crippen molar-refractivity contribution in [3.8, 4) is 0 Å². The van der Waals surface area contributed by atoms with Crippen molar-refractivity contribution in [3.05, 3.63) is 0 Å². The Labute approximate surface area is 87.5 Å². The summed E-state index contributed by atoms with van der Waals surface area (Å²) in [7, 11) is 0. The van der Waals surface area contributed by atoms with E-state index in [9.17, 15) is 10.2 Å². The summed E-state index contributed by atoms with van der Waals surface area (Å²) >= 11 is 0. The Morgan fingerprint density at radius 3 is 1.71 bits per heavy atom. The van der Waals surface area contributed by atoms with Crippen LogP contribution in [0, 0.1) is 5.41 Å². The van der Waals surface area contributed by atoms with Crippen molar-refractivity contribution in [2.24, 2.45) is 5.41 Å². The second-order valence-corrected chi connectivity index (χ2v) is 6.01. The van der Waals surface area contributed by atoms with Gasteiger partial charge in [-0.3, -0.25) is 0 Å². The molecule has 0 fully saturated rings. The topological polar surface area (TPSA) is 52.5 Å². The first-order valence-corrected chi connectivity index (χ1v) is 5.15. The quantitative estimate of drug-likeness (QED) is 0.645. The third kappa shape index (κ3) is 5.58. The first-order chi connectivity index (χ1) is 6.04. The number of rotatable bonds is 3. The van der Waals surface area contributed by atoms with Gasteiger partial charge in [-0.1, -0.05) is 20.8 Å². The van der Waals surface area contributed by atoms with E-state index in [0.717, 1.165) is 0 Å². The fraction of sp³-hybridized carbons (Fsp3) is 1.00. The Morgan fingerprint density at radius 2 is 1.43 bits per heavy atom. The summed E-state index contributed by atoms with van der Waals surface area (Å²) in [5.41, 5.74) is -0.308. The second-order valence-electron chi connectivity index (χ2n) is 6.01. The highest BCUT2D eigenvalue weighted by molar-refractivity contribution is 4.83. The predicted octanol–water partition coefficient (Wildman–Crippen LogP) is 1.14. The largest absolute Gasteiger partial charge is 0.390 e. The predicted molar refractivity (Wildman–Crippen MR) is 59.2 cm³/mol. The molecule has 0 aliphatic rings. The van der Waals surface area contributed by atoms with E-state index in [1.165, 1.54) is 0 Å². The van der Waals surface area contributed by atoms with Gasteiger partial charge in [-0.15, -0.1) is 0 Å². The average molecular weight is 203 g/mol. The molecule has 0 unspecified atom stereocenters. The number of aliphatic hydroxyl groups is 2. The maximum atomic E-state index is 9.76. The van der Waals surface area contributed by atoms with Crippen LogP contribution in [0.25, 0.3) is 0 Å². The highest BCUT2D eigenvalue weighted by Gasteiger charge is 2.29. The lowest BCUT2D eigenvalue weighted by molar-refractivity contribution is -0.0447. The van der Waals surface area contributed by atoms with Crippen LogP contribution in [0.1, 0.15) is 41.5 Å². The summed E-state index contributed by atoms with van der Waals surface area (Å²) in [5, 5.41) is 22.6. The van der Waals surface area contributed by atoms with Gasteiger partial charge >= 0.3 is 0 Å². The van der Waals surface area contributed by atoms with E-state index in [1.54, 1.807) is 0 Å². The van der Waals surface area contributed by atoms with Gasteiger partial charge in [-0.05, 0) is 26.2 Å². The van der Waals surface area contributed by atoms with Crippen LogP contribution in [0.5, 0.6) is 0 Å². The van der Waals surface area contributed by atoms with Crippen LogP contribution in [0.4, 0.5) is 0 Å². The minimum atomic E-state index is -0.714. The molecule has 86 valence electrons. The van der Waals surface area contributed by atoms with E-state index < -0.39 is 12.2 Å². The fourth-order valence-corrected chi connectivity index (χ4v) is 1.10. The molecule has 0 bridgehead atoms. The molecule has 14 heavy (non-hydrogen) atoms. The van der Waals surface area contributed by atoms with Crippen molar-refractivity contribution in [1.82, 2.24) is 5.32 Å². The Kier molecular flexibility index (Phi) is 4.56. The summed E-state index contributed by atoms with van der Waals surface area (Å²) in [6.07, 6.45) is -1.41. The Balaban J connectivity index is 4.03. The van der Waals surface area contributed by atoms with E-state index in [1.807, 2.05) is 41.5 Å². The molecule has 3 N–H and O–H groups in total. The zero-order valence-corrected chi connectivity index (χ0v) is 10.3. The van der Waals surface area contributed by atoms with Gasteiger partial charge in [-0.2, -0.15) is 0 Å². The zero-order chi connectivity index (χ0) is 11.6. The lowest BCUT2D eigenvalue weighted by Crippen LogP contribution is -2.48. The van der Waals surface area contributed by atoms with Gasteiger partial charge in [0, 0.05) is 12.1 Å². The van der Waals surface area contributed by atoms with Crippen LogP contribution in [0.3, 0.4) is 0 Å². The van der Waals surface area contributed by atoms with Crippen LogP contribution in [0.15, 0.2) is 0 Å². The fourth-order valence-electron chi connectivity index (χ4n) is 1.10. The SMILES string of the molecule is CC(C)(C)NC[C@@H](O)[C@H](O)C(C)(C)C. The van der Waals surface area contributed by atoms with Crippen LogP contribution < -0.4 is 5.32 Å². The molecular weight excluding hydrogens is 178 g/mol. The average Bonchev–Trinajstić information content (AvgIpc) is 1.95. The molecule has 0 saturated carbocycles. The van der Waals surface area contributed by atoms with Gasteiger partial charge in [0.15, 0.2) is 0 Å². The molecule has 3 nitrogen and oxygen atoms in total. The van der Waals surface area contributed by atoms with E-state index in [4.69, 9.17) is 0 Å². The van der Waals surface area contributed by atoms with E-state index in [0.29, 0.717) is 6.54 Å². The van der Waals surface area contributed by atoms with E-state index in [2.05, 4.69) is 5.32 Å². The Hall–Kier alpha value is -0.120. The summed E-state index contributed by atoms with van der Waals surface area (Å²) < 4.78 is 0. The summed E-state index contributed by atoms with van der Waals surface area (Å²) in [5.74, 6) is 0. The van der Waals surface area contributed by atoms with Crippen LogP contribution in [0.2, 0.25) is 0 Å². The first kappa shape index (κ1) is 13.9. The normalized spacial score (nSPS) is 18.0. The van der Waals surface area contributed by atoms with Crippen molar-refractivity contribution in [1.29, 1.82) is 0 Å². The first-order valence-electron chi connectivity index (χ1n) is 5.15. The molecular formula is C11H25NO2. The number of hydrogen-bond donors (Lipinski definition) is 3. The molecule has 0 saturated heterocycles. The zero-order valence-electron chi connectivity index (χ0n) is 10.3. The molecule has 0 amide bonds. The monoisotopic (exact) mass is 203 g/mol. The van der Waals surface area contributed by atoms with Crippen LogP contribution >= 0.6 is 0 Å². The third-order valence-corrected chi connectivity index (χ3v) is 2.09. The number of aliphatic hydroxyl groups excluding tert-OH is 2. The number of hydrogen-bond acceptors (Lipinski definition) is 3. The molecule has 0 aromatic carbocycles. The molecule has 0 aromatic heterocycles. The molecule has 0 aliphatic heterocycles. The van der Waals surface area contributed by atoms with Crippen LogP contribution in [-0.2, 0) is 0 Å². The Morgan fingerprint density at radius 1 is 1.00 bits per heavy atom. The Bertz CT molecular complexity index is 167. The van der Waals surface area contributed by atoms with Crippen molar-refractivity contribution in [2.75, 3.05) is 6.54 Å². The summed E-state index contributed by atoms with van der Waals surface area (Å²) in [6, 6.07) is 0. The third-order valence-electron chi connectivity index (χ3n) is 2.09. The molecule has 0 aromatic rings. The molecule has 2 atom stereocenters. The highest BCUT2D eigenvalue weighted by atomic mass is 16.3. The molecule has 3 heteroatoms. The van der Waals surface area contributed by atoms with Gasteiger partial charge in [0.2, 0.25) is 0 Å². The minimum Gasteiger partial charge on any atom is -0.390 e. The van der Waals surface area contributed by atoms with Gasteiger partial charge < -0.3 is 15.5 Å². The van der Waals surface area contributed by atoms with Crippen molar-refractivity contribution < 1.29 is 10.2 Å². The molecule has 0 spiro atoms. The maximum absolute atomic E-state index is 9.76. The maximum Gasteiger partial charge on any atom is 0.0928 e. The van der Waals surface area contributed by atoms with Gasteiger partial charge in [0.05, 0.1) is 12.2 Å². The molecule has 0 heterocycles. The second kappa shape index (κ2) is 4.60. The van der Waals surface area contributed by atoms with Gasteiger partial charge in [-0.25, -0.2) is 0 Å². The highest BCUT2D eigenvalue weighted by Crippen LogP contribution is 2.21. The van der Waals surface area contributed by atoms with Crippen molar-refractivity contribution >= 4 is 0 Å². The molecule has 0 rings (SSSR count). The van der Waals surface area contributed by atoms with Gasteiger partial charge in [0.1, 0.15) is 0 Å². The van der Waals surface area contributed by atoms with Crippen molar-refractivity contribution in [3.63, 3.8) is 0 Å². The lowest BCUT2D eigenvalue weighted by Gasteiger charge is -2.32. The van der Waals surface area contributed by atoms with E-state index in [-0.39, 0.29) is 11.0 Å². The molecule has 0 radical (unpaired) electrons. The van der Waals surface area contributed by atoms with Crippen molar-refractivity contribution in [2.45, 2.75) is 59.3 Å². The summed E-state index contributed by atoms with van der Waals surface area (Å²) in [6.45, 7) is 12.3. The van der Waals surface area contributed by atoms with Crippen LogP contribution in [-0.4, -0.2) is 34.5 Å². The number of nitrogens with one attached hydrogen (secondary N) is 1. The van der Waals surface area contributed by atoms with E-state index >= 15 is 0 Å². The minimum absolute atomic E-state index is 0.0292. The molecule has 0 aliphatic carbocycles. The number of β-amino-alcohol motifs (C(OH)–C–C–N with tert-alkyl or cyclic N) is 1. The van der Waals surface area contributed by atoms with Gasteiger partial charge in [0.25, 0.3) is 0 Å².